The van der Waals surface area contributed by atoms with Gasteiger partial charge in [0.2, 0.25) is 0 Å². The van der Waals surface area contributed by atoms with Crippen LogP contribution in [-0.2, 0) is 4.79 Å². The Kier molecular flexibility index (Phi) is 8.92. The Balaban J connectivity index is 0.00000172. The Bertz CT molecular complexity index is 467. The zero-order chi connectivity index (χ0) is 15.5. The minimum Gasteiger partial charge on any atom is -0.352 e. The molecule has 0 aliphatic heterocycles. The number of amides is 1. The molecule has 0 aliphatic rings. The number of carbonyl (C=O) groups is 3. The lowest BCUT2D eigenvalue weighted by atomic mass is 10.1. The maximum absolute atomic E-state index is 11.8. The summed E-state index contributed by atoms with van der Waals surface area (Å²) in [5, 5.41) is 2.72. The monoisotopic (exact) mass is 277 g/mol. The summed E-state index contributed by atoms with van der Waals surface area (Å²) in [5.41, 5.74) is 0.983. The van der Waals surface area contributed by atoms with Crippen molar-refractivity contribution >= 4 is 17.5 Å². The molecule has 0 unspecified atom stereocenters. The van der Waals surface area contributed by atoms with Crippen molar-refractivity contribution in [3.63, 3.8) is 0 Å². The average molecular weight is 277 g/mol. The molecular formula is C16H23NO3. The van der Waals surface area contributed by atoms with E-state index in [4.69, 9.17) is 0 Å². The van der Waals surface area contributed by atoms with Crippen LogP contribution in [0.3, 0.4) is 0 Å². The fraction of sp³-hybridized carbons (Fsp3) is 0.438. The van der Waals surface area contributed by atoms with E-state index in [0.717, 1.165) is 0 Å². The number of hydrogen-bond donors (Lipinski definition) is 1. The summed E-state index contributed by atoms with van der Waals surface area (Å²) >= 11 is 0. The van der Waals surface area contributed by atoms with Crippen LogP contribution in [0, 0.1) is 0 Å². The van der Waals surface area contributed by atoms with Gasteiger partial charge < -0.3 is 10.1 Å². The quantitative estimate of drug-likeness (QED) is 0.642. The van der Waals surface area contributed by atoms with Gasteiger partial charge in [0.25, 0.3) is 5.91 Å². The molecule has 20 heavy (non-hydrogen) atoms. The number of rotatable bonds is 6. The number of ketones is 2. The van der Waals surface area contributed by atoms with Gasteiger partial charge in [-0.2, -0.15) is 0 Å². The van der Waals surface area contributed by atoms with Gasteiger partial charge in [0.05, 0.1) is 0 Å². The highest BCUT2D eigenvalue weighted by Crippen LogP contribution is 2.06. The predicted octanol–water partition coefficient (Wildman–Crippen LogP) is 3.01. The van der Waals surface area contributed by atoms with Gasteiger partial charge in [-0.3, -0.25) is 9.59 Å². The Labute approximate surface area is 120 Å². The highest BCUT2D eigenvalue weighted by atomic mass is 16.1. The van der Waals surface area contributed by atoms with Crippen LogP contribution >= 0.6 is 0 Å². The number of hydrogen-bond acceptors (Lipinski definition) is 3. The average Bonchev–Trinajstić information content (AvgIpc) is 2.45. The molecule has 1 N–H and O–H groups in total. The van der Waals surface area contributed by atoms with E-state index in [1.807, 2.05) is 13.8 Å². The molecule has 0 aromatic heterocycles. The first kappa shape index (κ1) is 18.0. The summed E-state index contributed by atoms with van der Waals surface area (Å²) in [7, 11) is 0. The van der Waals surface area contributed by atoms with Crippen LogP contribution < -0.4 is 5.32 Å². The van der Waals surface area contributed by atoms with Gasteiger partial charge in [-0.05, 0) is 32.4 Å². The molecule has 4 nitrogen and oxygen atoms in total. The summed E-state index contributed by atoms with van der Waals surface area (Å²) in [6.45, 7) is 7.45. The predicted molar refractivity (Wildman–Crippen MR) is 80.0 cm³/mol. The van der Waals surface area contributed by atoms with Gasteiger partial charge in [0.15, 0.2) is 5.78 Å². The highest BCUT2D eigenvalue weighted by Gasteiger charge is 2.07. The third kappa shape index (κ3) is 6.83. The van der Waals surface area contributed by atoms with Gasteiger partial charge >= 0.3 is 0 Å². The van der Waals surface area contributed by atoms with E-state index in [1.165, 1.54) is 13.8 Å². The lowest BCUT2D eigenvalue weighted by molar-refractivity contribution is -0.117. The summed E-state index contributed by atoms with van der Waals surface area (Å²) < 4.78 is 0. The molecule has 0 saturated carbocycles. The van der Waals surface area contributed by atoms with E-state index in [-0.39, 0.29) is 17.5 Å². The third-order valence-electron chi connectivity index (χ3n) is 2.52. The molecule has 1 amide bonds. The van der Waals surface area contributed by atoms with Crippen molar-refractivity contribution in [2.24, 2.45) is 0 Å². The smallest absolute Gasteiger partial charge is 0.251 e. The van der Waals surface area contributed by atoms with E-state index in [2.05, 4.69) is 5.32 Å². The lowest BCUT2D eigenvalue weighted by Gasteiger charge is -2.05. The molecule has 1 rings (SSSR count). The van der Waals surface area contributed by atoms with Crippen LogP contribution in [0.15, 0.2) is 24.3 Å². The molecule has 0 fully saturated rings. The topological polar surface area (TPSA) is 63.2 Å². The Morgan fingerprint density at radius 1 is 1.05 bits per heavy atom. The second kappa shape index (κ2) is 9.89. The second-order valence-corrected chi connectivity index (χ2v) is 4.20. The van der Waals surface area contributed by atoms with Gasteiger partial charge in [-0.25, -0.2) is 0 Å². The number of Topliss-reactive ketones (excluding diaryl/α,β-unsaturated/α-hetero) is 2. The van der Waals surface area contributed by atoms with Crippen LogP contribution in [0.2, 0.25) is 0 Å². The van der Waals surface area contributed by atoms with Crippen molar-refractivity contribution in [1.29, 1.82) is 0 Å². The molecule has 110 valence electrons. The van der Waals surface area contributed by atoms with Crippen molar-refractivity contribution < 1.29 is 14.4 Å². The van der Waals surface area contributed by atoms with Crippen LogP contribution in [0.4, 0.5) is 0 Å². The van der Waals surface area contributed by atoms with Crippen molar-refractivity contribution in [2.45, 2.75) is 40.5 Å². The molecule has 0 saturated heterocycles. The van der Waals surface area contributed by atoms with Crippen LogP contribution in [-0.4, -0.2) is 24.0 Å². The minimum atomic E-state index is -0.221. The first-order chi connectivity index (χ1) is 9.50. The van der Waals surface area contributed by atoms with Gasteiger partial charge in [-0.1, -0.05) is 26.0 Å². The summed E-state index contributed by atoms with van der Waals surface area (Å²) in [6, 6.07) is 6.59. The first-order valence-corrected chi connectivity index (χ1v) is 6.89. The number of benzene rings is 1. The molecule has 0 spiro atoms. The molecule has 0 heterocycles. The molecular weight excluding hydrogens is 254 g/mol. The largest absolute Gasteiger partial charge is 0.352 e. The summed E-state index contributed by atoms with van der Waals surface area (Å²) in [5.74, 6) is -0.175. The fourth-order valence-corrected chi connectivity index (χ4v) is 1.52. The zero-order valence-corrected chi connectivity index (χ0v) is 12.7. The molecule has 0 aliphatic carbocycles. The normalized spacial score (nSPS) is 9.20. The molecule has 1 aromatic rings. The van der Waals surface area contributed by atoms with E-state index in [0.29, 0.717) is 30.5 Å². The molecule has 0 radical (unpaired) electrons. The molecule has 1 aromatic carbocycles. The summed E-state index contributed by atoms with van der Waals surface area (Å²) in [6.07, 6.45) is 1.10. The first-order valence-electron chi connectivity index (χ1n) is 6.89. The van der Waals surface area contributed by atoms with E-state index in [1.54, 1.807) is 24.3 Å². The number of carbonyl (C=O) groups excluding carboxylic acids is 3. The van der Waals surface area contributed by atoms with Crippen molar-refractivity contribution in [2.75, 3.05) is 6.54 Å². The molecule has 0 bridgehead atoms. The maximum atomic E-state index is 11.8. The molecule has 4 heteroatoms. The van der Waals surface area contributed by atoms with E-state index < -0.39 is 0 Å². The van der Waals surface area contributed by atoms with Crippen molar-refractivity contribution in [3.8, 4) is 0 Å². The fourth-order valence-electron chi connectivity index (χ4n) is 1.52. The SMILES string of the molecule is CC.CC(=O)CCCNC(=O)c1cccc(C(C)=O)c1. The summed E-state index contributed by atoms with van der Waals surface area (Å²) in [4.78, 5) is 33.7. The maximum Gasteiger partial charge on any atom is 0.251 e. The van der Waals surface area contributed by atoms with Crippen molar-refractivity contribution in [3.05, 3.63) is 35.4 Å². The highest BCUT2D eigenvalue weighted by molar-refractivity contribution is 5.99. The van der Waals surface area contributed by atoms with E-state index >= 15 is 0 Å². The number of nitrogens with one attached hydrogen (secondary N) is 1. The molecule has 0 atom stereocenters. The Morgan fingerprint density at radius 2 is 1.65 bits per heavy atom. The Morgan fingerprint density at radius 3 is 2.20 bits per heavy atom. The zero-order valence-electron chi connectivity index (χ0n) is 12.7. The second-order valence-electron chi connectivity index (χ2n) is 4.20. The van der Waals surface area contributed by atoms with Gasteiger partial charge in [0, 0.05) is 24.1 Å². The lowest BCUT2D eigenvalue weighted by Crippen LogP contribution is -2.24. The minimum absolute atomic E-state index is 0.0683. The van der Waals surface area contributed by atoms with Crippen molar-refractivity contribution in [1.82, 2.24) is 5.32 Å². The van der Waals surface area contributed by atoms with Crippen LogP contribution in [0.1, 0.15) is 61.3 Å². The van der Waals surface area contributed by atoms with Crippen LogP contribution in [0.5, 0.6) is 0 Å². The van der Waals surface area contributed by atoms with Crippen LogP contribution in [0.25, 0.3) is 0 Å². The van der Waals surface area contributed by atoms with Gasteiger partial charge in [0.1, 0.15) is 5.78 Å². The van der Waals surface area contributed by atoms with Gasteiger partial charge in [-0.15, -0.1) is 0 Å². The third-order valence-corrected chi connectivity index (χ3v) is 2.52. The standard InChI is InChI=1S/C14H17NO3.C2H6/c1-10(16)5-4-8-15-14(18)13-7-3-6-12(9-13)11(2)17;1-2/h3,6-7,9H,4-5,8H2,1-2H3,(H,15,18);1-2H3. The Hall–Kier alpha value is -1.97. The van der Waals surface area contributed by atoms with E-state index in [9.17, 15) is 14.4 Å².